The highest BCUT2D eigenvalue weighted by Gasteiger charge is 2.20. The molecule has 2 aromatic rings. The van der Waals surface area contributed by atoms with E-state index in [0.717, 1.165) is 17.8 Å². The number of thioether (sulfide) groups is 1. The number of carbonyl (C=O) groups excluding carboxylic acids is 2. The second kappa shape index (κ2) is 9.05. The van der Waals surface area contributed by atoms with Crippen LogP contribution in [0.25, 0.3) is 0 Å². The Morgan fingerprint density at radius 1 is 1.15 bits per heavy atom. The average molecular weight is 396 g/mol. The van der Waals surface area contributed by atoms with Crippen molar-refractivity contribution in [2.75, 3.05) is 5.32 Å². The van der Waals surface area contributed by atoms with Gasteiger partial charge < -0.3 is 10.1 Å². The Balaban J connectivity index is 2.18. The van der Waals surface area contributed by atoms with Crippen LogP contribution < -0.4 is 5.32 Å². The molecule has 1 amide bonds. The molecule has 1 atom stereocenters. The Morgan fingerprint density at radius 2 is 1.81 bits per heavy atom. The number of carbonyl (C=O) groups is 2. The second-order valence-electron chi connectivity index (χ2n) is 5.83. The topological polar surface area (TPSA) is 55.4 Å². The van der Waals surface area contributed by atoms with Crippen LogP contribution in [0.3, 0.4) is 0 Å². The number of anilines is 1. The van der Waals surface area contributed by atoms with Crippen LogP contribution in [-0.2, 0) is 9.53 Å². The van der Waals surface area contributed by atoms with Gasteiger partial charge in [0.15, 0.2) is 0 Å². The number of ether oxygens (including phenoxy) is 1. The fourth-order valence-electron chi connectivity index (χ4n) is 2.07. The van der Waals surface area contributed by atoms with Crippen LogP contribution in [0.2, 0.25) is 5.02 Å². The van der Waals surface area contributed by atoms with Crippen LogP contribution in [0.5, 0.6) is 0 Å². The van der Waals surface area contributed by atoms with Crippen molar-refractivity contribution in [3.05, 3.63) is 58.9 Å². The summed E-state index contributed by atoms with van der Waals surface area (Å²) in [6.07, 6.45) is -0.227. The summed E-state index contributed by atoms with van der Waals surface area (Å²) >= 11 is 7.23. The van der Waals surface area contributed by atoms with E-state index in [2.05, 4.69) is 5.32 Å². The number of nitrogens with one attached hydrogen (secondary N) is 1. The lowest BCUT2D eigenvalue weighted by molar-refractivity contribution is -0.146. The van der Waals surface area contributed by atoms with Crippen molar-refractivity contribution in [2.24, 2.45) is 0 Å². The number of hydrogen-bond donors (Lipinski definition) is 1. The number of rotatable bonds is 6. The molecule has 138 valence electrons. The Hall–Kier alpha value is -2.05. The van der Waals surface area contributed by atoms with E-state index < -0.39 is 17.0 Å². The van der Waals surface area contributed by atoms with Crippen molar-refractivity contribution in [2.45, 2.75) is 37.0 Å². The minimum atomic E-state index is -0.652. The van der Waals surface area contributed by atoms with Crippen LogP contribution in [-0.4, -0.2) is 23.2 Å². The van der Waals surface area contributed by atoms with Gasteiger partial charge in [0.1, 0.15) is 11.1 Å². The number of esters is 1. The summed E-state index contributed by atoms with van der Waals surface area (Å²) in [5.74, 6) is -1.48. The predicted octanol–water partition coefficient (Wildman–Crippen LogP) is 5.16. The van der Waals surface area contributed by atoms with E-state index >= 15 is 0 Å². The summed E-state index contributed by atoms with van der Waals surface area (Å²) in [4.78, 5) is 24.7. The first-order chi connectivity index (χ1) is 12.3. The van der Waals surface area contributed by atoms with Crippen LogP contribution in [0, 0.1) is 5.82 Å². The third kappa shape index (κ3) is 5.47. The monoisotopic (exact) mass is 395 g/mol. The molecule has 26 heavy (non-hydrogen) atoms. The number of halogens is 2. The van der Waals surface area contributed by atoms with E-state index in [1.54, 1.807) is 51.1 Å². The Morgan fingerprint density at radius 3 is 2.42 bits per heavy atom. The Labute approximate surface area is 161 Å². The summed E-state index contributed by atoms with van der Waals surface area (Å²) in [5.41, 5.74) is 0.403. The molecule has 1 N–H and O–H groups in total. The molecule has 2 rings (SSSR count). The molecule has 0 heterocycles. The number of amides is 1. The van der Waals surface area contributed by atoms with E-state index in [1.165, 1.54) is 6.07 Å². The van der Waals surface area contributed by atoms with Gasteiger partial charge in [-0.1, -0.05) is 29.8 Å². The predicted molar refractivity (Wildman–Crippen MR) is 102 cm³/mol. The summed E-state index contributed by atoms with van der Waals surface area (Å²) in [5, 5.41) is 2.16. The van der Waals surface area contributed by atoms with Gasteiger partial charge in [0.25, 0.3) is 5.91 Å². The van der Waals surface area contributed by atoms with Crippen LogP contribution in [0.1, 0.15) is 31.1 Å². The van der Waals surface area contributed by atoms with Gasteiger partial charge in [-0.3, -0.25) is 9.59 Å². The smallest absolute Gasteiger partial charge is 0.319 e. The molecule has 0 spiro atoms. The molecular formula is C19H19ClFNO3S. The first-order valence-electron chi connectivity index (χ1n) is 8.00. The van der Waals surface area contributed by atoms with Gasteiger partial charge in [-0.15, -0.1) is 11.8 Å². The van der Waals surface area contributed by atoms with Crippen molar-refractivity contribution in [3.63, 3.8) is 0 Å². The average Bonchev–Trinajstić information content (AvgIpc) is 2.59. The highest BCUT2D eigenvalue weighted by Crippen LogP contribution is 2.35. The lowest BCUT2D eigenvalue weighted by Gasteiger charge is -2.15. The Kier molecular flexibility index (Phi) is 7.06. The fraction of sp³-hybridized carbons (Fsp3) is 0.263. The van der Waals surface area contributed by atoms with E-state index in [-0.39, 0.29) is 22.8 Å². The molecule has 0 radical (unpaired) electrons. The second-order valence-corrected chi connectivity index (χ2v) is 7.62. The van der Waals surface area contributed by atoms with E-state index in [4.69, 9.17) is 16.3 Å². The quantitative estimate of drug-likeness (QED) is 0.542. The maximum Gasteiger partial charge on any atom is 0.319 e. The van der Waals surface area contributed by atoms with Crippen molar-refractivity contribution >= 4 is 40.9 Å². The van der Waals surface area contributed by atoms with Crippen molar-refractivity contribution < 1.29 is 18.7 Å². The largest absolute Gasteiger partial charge is 0.462 e. The molecule has 0 aliphatic carbocycles. The SMILES string of the molecule is CC(C)OC(=O)C(C)Sc1cc(NC(=O)c2ccccc2)c(F)cc1Cl. The van der Waals surface area contributed by atoms with Gasteiger partial charge >= 0.3 is 5.97 Å². The van der Waals surface area contributed by atoms with Gasteiger partial charge in [0.05, 0.1) is 16.8 Å². The Bertz CT molecular complexity index is 799. The van der Waals surface area contributed by atoms with E-state index in [1.807, 2.05) is 0 Å². The minimum Gasteiger partial charge on any atom is -0.462 e. The molecule has 0 aromatic heterocycles. The normalized spacial score (nSPS) is 11.9. The molecular weight excluding hydrogens is 377 g/mol. The molecule has 1 unspecified atom stereocenters. The van der Waals surface area contributed by atoms with E-state index in [9.17, 15) is 14.0 Å². The maximum absolute atomic E-state index is 14.2. The molecule has 4 nitrogen and oxygen atoms in total. The van der Waals surface area contributed by atoms with Crippen LogP contribution >= 0.6 is 23.4 Å². The molecule has 0 aliphatic heterocycles. The van der Waals surface area contributed by atoms with Gasteiger partial charge in [0, 0.05) is 10.5 Å². The summed E-state index contributed by atoms with van der Waals surface area (Å²) < 4.78 is 19.3. The molecule has 0 saturated carbocycles. The van der Waals surface area contributed by atoms with Gasteiger partial charge in [0.2, 0.25) is 0 Å². The van der Waals surface area contributed by atoms with Gasteiger partial charge in [-0.25, -0.2) is 4.39 Å². The van der Waals surface area contributed by atoms with Crippen LogP contribution in [0.15, 0.2) is 47.4 Å². The maximum atomic E-state index is 14.2. The minimum absolute atomic E-state index is 0.00446. The summed E-state index contributed by atoms with van der Waals surface area (Å²) in [6.45, 7) is 5.20. The molecule has 0 fully saturated rings. The summed E-state index contributed by atoms with van der Waals surface area (Å²) in [7, 11) is 0. The first kappa shape index (κ1) is 20.3. The number of hydrogen-bond acceptors (Lipinski definition) is 4. The molecule has 0 saturated heterocycles. The highest BCUT2D eigenvalue weighted by atomic mass is 35.5. The number of benzene rings is 2. The lowest BCUT2D eigenvalue weighted by Crippen LogP contribution is -2.20. The zero-order valence-corrected chi connectivity index (χ0v) is 16.2. The molecule has 7 heteroatoms. The van der Waals surface area contributed by atoms with Crippen molar-refractivity contribution in [1.29, 1.82) is 0 Å². The lowest BCUT2D eigenvalue weighted by atomic mass is 10.2. The zero-order valence-electron chi connectivity index (χ0n) is 14.6. The molecule has 2 aromatic carbocycles. The molecule has 0 aliphatic rings. The first-order valence-corrected chi connectivity index (χ1v) is 9.26. The van der Waals surface area contributed by atoms with Gasteiger partial charge in [-0.2, -0.15) is 0 Å². The van der Waals surface area contributed by atoms with Gasteiger partial charge in [-0.05, 0) is 45.0 Å². The zero-order chi connectivity index (χ0) is 19.3. The molecule has 0 bridgehead atoms. The van der Waals surface area contributed by atoms with Crippen molar-refractivity contribution in [3.8, 4) is 0 Å². The third-order valence-corrected chi connectivity index (χ3v) is 4.86. The third-order valence-electron chi connectivity index (χ3n) is 3.29. The van der Waals surface area contributed by atoms with Crippen LogP contribution in [0.4, 0.5) is 10.1 Å². The highest BCUT2D eigenvalue weighted by molar-refractivity contribution is 8.00. The standard InChI is InChI=1S/C19H19ClFNO3S/c1-11(2)25-19(24)12(3)26-17-10-16(15(21)9-14(17)20)22-18(23)13-7-5-4-6-8-13/h4-12H,1-3H3,(H,22,23). The van der Waals surface area contributed by atoms with E-state index in [0.29, 0.717) is 10.5 Å². The summed E-state index contributed by atoms with van der Waals surface area (Å²) in [6, 6.07) is 11.0. The van der Waals surface area contributed by atoms with Crippen molar-refractivity contribution in [1.82, 2.24) is 0 Å². The fourth-order valence-corrected chi connectivity index (χ4v) is 3.24.